The second-order valence-electron chi connectivity index (χ2n) is 3.76. The number of halogens is 1. The maximum Gasteiger partial charge on any atom is 0.122 e. The highest BCUT2D eigenvalue weighted by Crippen LogP contribution is 2.28. The van der Waals surface area contributed by atoms with Crippen molar-refractivity contribution in [1.29, 1.82) is 0 Å². The number of nitrogens with two attached hydrogens (primary N) is 1. The molecule has 0 aliphatic rings. The summed E-state index contributed by atoms with van der Waals surface area (Å²) in [6.07, 6.45) is 0.756. The average molecular weight is 252 g/mol. The van der Waals surface area contributed by atoms with Crippen LogP contribution in [0.1, 0.15) is 24.3 Å². The molecule has 0 spiro atoms. The molecule has 3 N–H and O–H groups in total. The van der Waals surface area contributed by atoms with Crippen LogP contribution in [0.15, 0.2) is 30.5 Å². The maximum absolute atomic E-state index is 10.3. The molecule has 0 saturated carbocycles. The second kappa shape index (κ2) is 4.77. The molecule has 5 heteroatoms. The lowest BCUT2D eigenvalue weighted by atomic mass is 10.1. The first kappa shape index (κ1) is 12.0. The Morgan fingerprint density at radius 1 is 1.41 bits per heavy atom. The van der Waals surface area contributed by atoms with Gasteiger partial charge in [-0.05, 0) is 24.6 Å². The van der Waals surface area contributed by atoms with Crippen molar-refractivity contribution in [3.05, 3.63) is 46.7 Å². The zero-order valence-corrected chi connectivity index (χ0v) is 10.2. The Bertz CT molecular complexity index is 507. The first-order valence-electron chi connectivity index (χ1n) is 5.38. The fourth-order valence-corrected chi connectivity index (χ4v) is 1.98. The highest BCUT2D eigenvalue weighted by Gasteiger charge is 2.18. The zero-order chi connectivity index (χ0) is 12.4. The van der Waals surface area contributed by atoms with Crippen molar-refractivity contribution < 1.29 is 5.11 Å². The molecule has 2 rings (SSSR count). The standard InChI is InChI=1S/C12H14ClN3O/c1-2-16-11(10(13)7-15-16)12(17)8-3-5-9(14)6-4-8/h3-7,12,17H,2,14H2,1H3. The van der Waals surface area contributed by atoms with Crippen LogP contribution in [0.2, 0.25) is 5.02 Å². The molecule has 0 aliphatic carbocycles. The minimum absolute atomic E-state index is 0.469. The summed E-state index contributed by atoms with van der Waals surface area (Å²) < 4.78 is 1.68. The van der Waals surface area contributed by atoms with E-state index in [0.717, 1.165) is 5.56 Å². The first-order valence-corrected chi connectivity index (χ1v) is 5.76. The summed E-state index contributed by atoms with van der Waals surface area (Å²) in [5.41, 5.74) is 7.63. The van der Waals surface area contributed by atoms with E-state index in [1.807, 2.05) is 6.92 Å². The molecule has 0 bridgehead atoms. The molecule has 0 amide bonds. The van der Waals surface area contributed by atoms with E-state index in [2.05, 4.69) is 5.10 Å². The van der Waals surface area contributed by atoms with Gasteiger partial charge in [-0.1, -0.05) is 23.7 Å². The summed E-state index contributed by atoms with van der Waals surface area (Å²) in [6.45, 7) is 2.61. The van der Waals surface area contributed by atoms with Crippen molar-refractivity contribution in [2.24, 2.45) is 0 Å². The topological polar surface area (TPSA) is 64.1 Å². The number of aliphatic hydroxyl groups excluding tert-OH is 1. The Kier molecular flexibility index (Phi) is 3.36. The van der Waals surface area contributed by atoms with Crippen LogP contribution in [0.5, 0.6) is 0 Å². The average Bonchev–Trinajstić information content (AvgIpc) is 2.70. The Labute approximate surface area is 105 Å². The summed E-state index contributed by atoms with van der Waals surface area (Å²) in [4.78, 5) is 0. The van der Waals surface area contributed by atoms with Gasteiger partial charge in [0.2, 0.25) is 0 Å². The molecule has 1 heterocycles. The van der Waals surface area contributed by atoms with Crippen LogP contribution in [0.4, 0.5) is 5.69 Å². The summed E-state index contributed by atoms with van der Waals surface area (Å²) in [6, 6.07) is 7.06. The van der Waals surface area contributed by atoms with Crippen LogP contribution in [-0.2, 0) is 6.54 Å². The van der Waals surface area contributed by atoms with Gasteiger partial charge in [-0.2, -0.15) is 5.10 Å². The molecule has 90 valence electrons. The van der Waals surface area contributed by atoms with Gasteiger partial charge in [0.15, 0.2) is 0 Å². The third-order valence-corrected chi connectivity index (χ3v) is 2.94. The van der Waals surface area contributed by atoms with Crippen LogP contribution in [0.3, 0.4) is 0 Å². The van der Waals surface area contributed by atoms with E-state index in [1.165, 1.54) is 0 Å². The van der Waals surface area contributed by atoms with Gasteiger partial charge in [-0.3, -0.25) is 4.68 Å². The maximum atomic E-state index is 10.3. The molecule has 1 aromatic carbocycles. The molecule has 4 nitrogen and oxygen atoms in total. The molecule has 17 heavy (non-hydrogen) atoms. The molecule has 0 fully saturated rings. The Morgan fingerprint density at radius 2 is 2.06 bits per heavy atom. The van der Waals surface area contributed by atoms with Gasteiger partial charge in [0, 0.05) is 12.2 Å². The quantitative estimate of drug-likeness (QED) is 0.823. The minimum atomic E-state index is -0.787. The number of benzene rings is 1. The van der Waals surface area contributed by atoms with E-state index in [0.29, 0.717) is 22.9 Å². The Hall–Kier alpha value is -1.52. The highest BCUT2D eigenvalue weighted by molar-refractivity contribution is 6.31. The Morgan fingerprint density at radius 3 is 2.65 bits per heavy atom. The number of nitrogens with zero attached hydrogens (tertiary/aromatic N) is 2. The van der Waals surface area contributed by atoms with Crippen LogP contribution >= 0.6 is 11.6 Å². The molecule has 1 atom stereocenters. The fourth-order valence-electron chi connectivity index (χ4n) is 1.73. The Balaban J connectivity index is 2.39. The van der Waals surface area contributed by atoms with Gasteiger partial charge in [0.05, 0.1) is 16.9 Å². The monoisotopic (exact) mass is 251 g/mol. The molecular weight excluding hydrogens is 238 g/mol. The van der Waals surface area contributed by atoms with Gasteiger partial charge >= 0.3 is 0 Å². The molecule has 0 radical (unpaired) electrons. The molecule has 1 unspecified atom stereocenters. The SMILES string of the molecule is CCn1ncc(Cl)c1C(O)c1ccc(N)cc1. The molecule has 2 aromatic rings. The number of hydrogen-bond donors (Lipinski definition) is 2. The van der Waals surface area contributed by atoms with Crippen LogP contribution in [-0.4, -0.2) is 14.9 Å². The first-order chi connectivity index (χ1) is 8.13. The van der Waals surface area contributed by atoms with Gasteiger partial charge < -0.3 is 10.8 Å². The molecule has 1 aromatic heterocycles. The van der Waals surface area contributed by atoms with Gasteiger partial charge in [-0.15, -0.1) is 0 Å². The summed E-state index contributed by atoms with van der Waals surface area (Å²) >= 11 is 6.03. The van der Waals surface area contributed by atoms with Crippen molar-refractivity contribution in [3.8, 4) is 0 Å². The predicted octanol–water partition coefficient (Wildman–Crippen LogP) is 2.22. The minimum Gasteiger partial charge on any atom is -0.399 e. The van der Waals surface area contributed by atoms with E-state index in [1.54, 1.807) is 35.1 Å². The summed E-state index contributed by atoms with van der Waals surface area (Å²) in [5.74, 6) is 0. The van der Waals surface area contributed by atoms with Gasteiger partial charge in [-0.25, -0.2) is 0 Å². The van der Waals surface area contributed by atoms with E-state index >= 15 is 0 Å². The lowest BCUT2D eigenvalue weighted by Crippen LogP contribution is -2.09. The van der Waals surface area contributed by atoms with Crippen LogP contribution in [0.25, 0.3) is 0 Å². The number of rotatable bonds is 3. The number of aryl methyl sites for hydroxylation is 1. The van der Waals surface area contributed by atoms with Gasteiger partial charge in [0.1, 0.15) is 6.10 Å². The third-order valence-electron chi connectivity index (χ3n) is 2.64. The van der Waals surface area contributed by atoms with E-state index in [-0.39, 0.29) is 0 Å². The number of hydrogen-bond acceptors (Lipinski definition) is 3. The lowest BCUT2D eigenvalue weighted by molar-refractivity contribution is 0.208. The van der Waals surface area contributed by atoms with Crippen molar-refractivity contribution in [2.75, 3.05) is 5.73 Å². The second-order valence-corrected chi connectivity index (χ2v) is 4.17. The van der Waals surface area contributed by atoms with E-state index in [9.17, 15) is 5.11 Å². The van der Waals surface area contributed by atoms with E-state index in [4.69, 9.17) is 17.3 Å². The zero-order valence-electron chi connectivity index (χ0n) is 9.47. The smallest absolute Gasteiger partial charge is 0.122 e. The van der Waals surface area contributed by atoms with Crippen LogP contribution in [0, 0.1) is 0 Å². The fraction of sp³-hybridized carbons (Fsp3) is 0.250. The summed E-state index contributed by atoms with van der Waals surface area (Å²) in [5, 5.41) is 14.8. The van der Waals surface area contributed by atoms with E-state index < -0.39 is 6.10 Å². The van der Waals surface area contributed by atoms with Crippen molar-refractivity contribution in [1.82, 2.24) is 9.78 Å². The van der Waals surface area contributed by atoms with Crippen molar-refractivity contribution in [2.45, 2.75) is 19.6 Å². The normalized spacial score (nSPS) is 12.6. The largest absolute Gasteiger partial charge is 0.399 e. The molecule has 0 saturated heterocycles. The van der Waals surface area contributed by atoms with Crippen molar-refractivity contribution >= 4 is 17.3 Å². The van der Waals surface area contributed by atoms with Gasteiger partial charge in [0.25, 0.3) is 0 Å². The number of aliphatic hydroxyl groups is 1. The predicted molar refractivity (Wildman–Crippen MR) is 67.8 cm³/mol. The number of aromatic nitrogens is 2. The van der Waals surface area contributed by atoms with Crippen molar-refractivity contribution in [3.63, 3.8) is 0 Å². The highest BCUT2D eigenvalue weighted by atomic mass is 35.5. The van der Waals surface area contributed by atoms with Crippen LogP contribution < -0.4 is 5.73 Å². The third kappa shape index (κ3) is 2.28. The summed E-state index contributed by atoms with van der Waals surface area (Å²) in [7, 11) is 0. The molecule has 0 aliphatic heterocycles. The lowest BCUT2D eigenvalue weighted by Gasteiger charge is -2.13. The number of nitrogen functional groups attached to an aromatic ring is 1. The number of anilines is 1. The molecular formula is C12H14ClN3O.